The summed E-state index contributed by atoms with van der Waals surface area (Å²) >= 11 is 0. The van der Waals surface area contributed by atoms with Crippen molar-refractivity contribution in [2.45, 2.75) is 32.9 Å². The summed E-state index contributed by atoms with van der Waals surface area (Å²) < 4.78 is 7.31. The number of carbonyl (C=O) groups is 1. The zero-order valence-corrected chi connectivity index (χ0v) is 19.0. The van der Waals surface area contributed by atoms with Crippen molar-refractivity contribution in [3.8, 4) is 17.0 Å². The predicted octanol–water partition coefficient (Wildman–Crippen LogP) is 3.06. The molecule has 2 aromatic heterocycles. The summed E-state index contributed by atoms with van der Waals surface area (Å²) in [5.41, 5.74) is 4.18. The lowest BCUT2D eigenvalue weighted by Crippen LogP contribution is -2.38. The van der Waals surface area contributed by atoms with Crippen LogP contribution in [-0.4, -0.2) is 38.5 Å². The van der Waals surface area contributed by atoms with Crippen molar-refractivity contribution in [1.82, 2.24) is 19.4 Å². The van der Waals surface area contributed by atoms with Crippen LogP contribution in [0, 0.1) is 0 Å². The number of hydrogen-bond acceptors (Lipinski definition) is 4. The number of nitrogens with zero attached hydrogens (tertiary/aromatic N) is 2. The van der Waals surface area contributed by atoms with Gasteiger partial charge in [-0.15, -0.1) is 0 Å². The van der Waals surface area contributed by atoms with Gasteiger partial charge in [0, 0.05) is 25.3 Å². The van der Waals surface area contributed by atoms with Crippen LogP contribution in [0.15, 0.2) is 64.2 Å². The second-order valence-corrected chi connectivity index (χ2v) is 8.50. The van der Waals surface area contributed by atoms with Crippen molar-refractivity contribution >= 4 is 16.9 Å². The lowest BCUT2D eigenvalue weighted by Gasteiger charge is -2.28. The predicted molar refractivity (Wildman–Crippen MR) is 130 cm³/mol. The van der Waals surface area contributed by atoms with Gasteiger partial charge in [-0.05, 0) is 59.9 Å². The van der Waals surface area contributed by atoms with E-state index in [1.807, 2.05) is 42.2 Å². The Labute approximate surface area is 195 Å². The lowest BCUT2D eigenvalue weighted by molar-refractivity contribution is -0.134. The Morgan fingerprint density at radius 3 is 2.56 bits per heavy atom. The smallest absolute Gasteiger partial charge is 0.328 e. The molecule has 1 aliphatic rings. The molecular weight excluding hydrogens is 432 g/mol. The fraction of sp³-hybridized carbons (Fsp3) is 0.269. The van der Waals surface area contributed by atoms with Crippen LogP contribution < -0.4 is 16.0 Å². The number of hydrogen-bond donors (Lipinski definition) is 2. The molecule has 1 amide bonds. The Morgan fingerprint density at radius 2 is 1.79 bits per heavy atom. The van der Waals surface area contributed by atoms with Gasteiger partial charge < -0.3 is 14.6 Å². The number of aryl methyl sites for hydroxylation is 1. The first-order valence-corrected chi connectivity index (χ1v) is 11.5. The van der Waals surface area contributed by atoms with E-state index in [2.05, 4.69) is 22.1 Å². The Kier molecular flexibility index (Phi) is 5.79. The van der Waals surface area contributed by atoms with Crippen LogP contribution >= 0.6 is 0 Å². The van der Waals surface area contributed by atoms with Crippen LogP contribution in [-0.2, 0) is 24.3 Å². The quantitative estimate of drug-likeness (QED) is 0.464. The SMILES string of the molecule is CCCn1c(=O)[nH]c(=O)c2[nH]c(-c3ccc(OCC(=O)N4CCc5ccccc5C4)cc3)cc21. The van der Waals surface area contributed by atoms with E-state index in [-0.39, 0.29) is 12.5 Å². The Hall–Kier alpha value is -4.07. The second-order valence-electron chi connectivity index (χ2n) is 8.50. The largest absolute Gasteiger partial charge is 0.484 e. The summed E-state index contributed by atoms with van der Waals surface area (Å²) in [5.74, 6) is 0.550. The summed E-state index contributed by atoms with van der Waals surface area (Å²) in [4.78, 5) is 44.4. The fourth-order valence-electron chi connectivity index (χ4n) is 4.44. The number of nitrogens with one attached hydrogen (secondary N) is 2. The first-order valence-electron chi connectivity index (χ1n) is 11.5. The van der Waals surface area contributed by atoms with E-state index in [1.54, 1.807) is 16.7 Å². The van der Waals surface area contributed by atoms with E-state index in [0.717, 1.165) is 24.1 Å². The molecule has 5 rings (SSSR count). The van der Waals surface area contributed by atoms with E-state index in [0.29, 0.717) is 36.4 Å². The molecular formula is C26H26N4O4. The molecule has 3 heterocycles. The monoisotopic (exact) mass is 458 g/mol. The third-order valence-electron chi connectivity index (χ3n) is 6.24. The van der Waals surface area contributed by atoms with E-state index < -0.39 is 11.2 Å². The van der Waals surface area contributed by atoms with Crippen LogP contribution in [0.25, 0.3) is 22.3 Å². The molecule has 174 valence electrons. The van der Waals surface area contributed by atoms with Crippen LogP contribution in [0.5, 0.6) is 5.75 Å². The van der Waals surface area contributed by atoms with Gasteiger partial charge in [-0.1, -0.05) is 31.2 Å². The van der Waals surface area contributed by atoms with Crippen molar-refractivity contribution in [2.75, 3.05) is 13.2 Å². The molecule has 34 heavy (non-hydrogen) atoms. The van der Waals surface area contributed by atoms with Crippen LogP contribution in [0.4, 0.5) is 0 Å². The summed E-state index contributed by atoms with van der Waals surface area (Å²) in [7, 11) is 0. The van der Waals surface area contributed by atoms with Crippen molar-refractivity contribution in [3.63, 3.8) is 0 Å². The van der Waals surface area contributed by atoms with Crippen molar-refractivity contribution < 1.29 is 9.53 Å². The minimum Gasteiger partial charge on any atom is -0.484 e. The molecule has 0 radical (unpaired) electrons. The number of benzene rings is 2. The summed E-state index contributed by atoms with van der Waals surface area (Å²) in [6.45, 7) is 3.78. The number of carbonyl (C=O) groups excluding carboxylic acids is 1. The third kappa shape index (κ3) is 4.14. The summed E-state index contributed by atoms with van der Waals surface area (Å²) in [6, 6.07) is 17.3. The molecule has 0 saturated carbocycles. The molecule has 0 saturated heterocycles. The highest BCUT2D eigenvalue weighted by molar-refractivity contribution is 5.82. The number of aromatic amines is 2. The third-order valence-corrected chi connectivity index (χ3v) is 6.24. The Morgan fingerprint density at radius 1 is 1.03 bits per heavy atom. The van der Waals surface area contributed by atoms with Gasteiger partial charge in [0.2, 0.25) is 0 Å². The molecule has 0 unspecified atom stereocenters. The maximum absolute atomic E-state index is 12.6. The van der Waals surface area contributed by atoms with Crippen LogP contribution in [0.1, 0.15) is 24.5 Å². The van der Waals surface area contributed by atoms with E-state index in [9.17, 15) is 14.4 Å². The zero-order valence-electron chi connectivity index (χ0n) is 19.0. The summed E-state index contributed by atoms with van der Waals surface area (Å²) in [5, 5.41) is 0. The first kappa shape index (κ1) is 21.8. The number of rotatable bonds is 6. The number of amides is 1. The van der Waals surface area contributed by atoms with Crippen molar-refractivity contribution in [1.29, 1.82) is 0 Å². The average Bonchev–Trinajstić information content (AvgIpc) is 3.31. The maximum atomic E-state index is 12.6. The molecule has 1 aliphatic heterocycles. The minimum atomic E-state index is -0.433. The van der Waals surface area contributed by atoms with Crippen LogP contribution in [0.2, 0.25) is 0 Å². The Balaban J connectivity index is 1.28. The number of H-pyrrole nitrogens is 2. The molecule has 0 aliphatic carbocycles. The van der Waals surface area contributed by atoms with Gasteiger partial charge in [0.15, 0.2) is 6.61 Å². The number of fused-ring (bicyclic) bond motifs is 2. The minimum absolute atomic E-state index is 0.0213. The maximum Gasteiger partial charge on any atom is 0.328 e. The molecule has 2 N–H and O–H groups in total. The zero-order chi connectivity index (χ0) is 23.7. The van der Waals surface area contributed by atoms with Gasteiger partial charge >= 0.3 is 5.69 Å². The molecule has 0 atom stereocenters. The summed E-state index contributed by atoms with van der Waals surface area (Å²) in [6.07, 6.45) is 1.63. The number of aromatic nitrogens is 3. The Bertz CT molecular complexity index is 1460. The molecule has 0 bridgehead atoms. The van der Waals surface area contributed by atoms with E-state index in [4.69, 9.17) is 4.74 Å². The van der Waals surface area contributed by atoms with Gasteiger partial charge in [0.25, 0.3) is 11.5 Å². The lowest BCUT2D eigenvalue weighted by atomic mass is 10.00. The molecule has 0 fully saturated rings. The molecule has 4 aromatic rings. The van der Waals surface area contributed by atoms with Gasteiger partial charge in [0.1, 0.15) is 11.3 Å². The first-order chi connectivity index (χ1) is 16.5. The molecule has 2 aromatic carbocycles. The standard InChI is InChI=1S/C26H26N4O4/c1-2-12-30-22-14-21(27-24(22)25(32)28-26(30)33)18-7-9-20(10-8-18)34-16-23(31)29-13-11-17-5-3-4-6-19(17)15-29/h3-10,14,27H,2,11-13,15-16H2,1H3,(H,28,32,33). The normalized spacial score (nSPS) is 13.1. The van der Waals surface area contributed by atoms with Crippen molar-refractivity contribution in [2.24, 2.45) is 0 Å². The second kappa shape index (κ2) is 9.05. The highest BCUT2D eigenvalue weighted by atomic mass is 16.5. The van der Waals surface area contributed by atoms with Gasteiger partial charge in [-0.3, -0.25) is 19.1 Å². The van der Waals surface area contributed by atoms with Gasteiger partial charge in [-0.25, -0.2) is 4.79 Å². The number of ether oxygens (including phenoxy) is 1. The highest BCUT2D eigenvalue weighted by Gasteiger charge is 2.20. The topological polar surface area (TPSA) is 100 Å². The van der Waals surface area contributed by atoms with Gasteiger partial charge in [0.05, 0.1) is 5.52 Å². The highest BCUT2D eigenvalue weighted by Crippen LogP contribution is 2.25. The van der Waals surface area contributed by atoms with Crippen LogP contribution in [0.3, 0.4) is 0 Å². The average molecular weight is 459 g/mol. The molecule has 0 spiro atoms. The van der Waals surface area contributed by atoms with Crippen molar-refractivity contribution in [3.05, 3.63) is 86.6 Å². The van der Waals surface area contributed by atoms with E-state index >= 15 is 0 Å². The molecule has 8 heteroatoms. The van der Waals surface area contributed by atoms with Gasteiger partial charge in [-0.2, -0.15) is 0 Å². The fourth-order valence-corrected chi connectivity index (χ4v) is 4.44. The van der Waals surface area contributed by atoms with E-state index in [1.165, 1.54) is 11.1 Å². The molecule has 8 nitrogen and oxygen atoms in total.